The first-order valence-electron chi connectivity index (χ1n) is 7.41. The molecule has 2 aromatic carbocycles. The van der Waals surface area contributed by atoms with Gasteiger partial charge in [0.2, 0.25) is 0 Å². The fourth-order valence-electron chi connectivity index (χ4n) is 3.13. The van der Waals surface area contributed by atoms with E-state index in [-0.39, 0.29) is 12.4 Å². The Balaban J connectivity index is 1.79. The first-order valence-corrected chi connectivity index (χ1v) is 7.79. The molecule has 1 aliphatic heterocycles. The second-order valence-electron chi connectivity index (χ2n) is 5.96. The second-order valence-corrected chi connectivity index (χ2v) is 6.37. The van der Waals surface area contributed by atoms with Gasteiger partial charge < -0.3 is 10.0 Å². The smallest absolute Gasteiger partial charge is 0.129 e. The van der Waals surface area contributed by atoms with Gasteiger partial charge in [0.25, 0.3) is 0 Å². The van der Waals surface area contributed by atoms with Crippen LogP contribution in [-0.2, 0) is 6.61 Å². The van der Waals surface area contributed by atoms with Crippen molar-refractivity contribution in [2.75, 3.05) is 18.0 Å². The van der Waals surface area contributed by atoms with E-state index in [1.165, 1.54) is 0 Å². The van der Waals surface area contributed by atoms with Crippen molar-refractivity contribution >= 4 is 17.3 Å². The number of aliphatic hydroxyl groups excluding tert-OH is 1. The summed E-state index contributed by atoms with van der Waals surface area (Å²) in [4.78, 5) is 2.23. The summed E-state index contributed by atoms with van der Waals surface area (Å²) >= 11 is 6.29. The number of hydrogen-bond donors (Lipinski definition) is 1. The van der Waals surface area contributed by atoms with E-state index in [4.69, 9.17) is 11.6 Å². The molecule has 1 saturated heterocycles. The van der Waals surface area contributed by atoms with Gasteiger partial charge in [0.1, 0.15) is 5.82 Å². The van der Waals surface area contributed by atoms with Gasteiger partial charge in [-0.1, -0.05) is 29.8 Å². The highest BCUT2D eigenvalue weighted by Crippen LogP contribution is 2.38. The van der Waals surface area contributed by atoms with Crippen molar-refractivity contribution in [2.45, 2.75) is 26.4 Å². The van der Waals surface area contributed by atoms with Crippen molar-refractivity contribution in [1.82, 2.24) is 0 Å². The molecule has 0 spiro atoms. The number of hydrogen-bond acceptors (Lipinski definition) is 2. The summed E-state index contributed by atoms with van der Waals surface area (Å²) in [6.45, 7) is 5.30. The average molecular weight is 320 g/mol. The van der Waals surface area contributed by atoms with E-state index in [0.717, 1.165) is 40.5 Å². The van der Waals surface area contributed by atoms with Gasteiger partial charge in [0.15, 0.2) is 0 Å². The lowest BCUT2D eigenvalue weighted by molar-refractivity contribution is 0.274. The van der Waals surface area contributed by atoms with Crippen LogP contribution in [0.4, 0.5) is 10.1 Å². The predicted octanol–water partition coefficient (Wildman–Crippen LogP) is 4.19. The highest BCUT2D eigenvalue weighted by Gasteiger charge is 2.31. The molecule has 116 valence electrons. The largest absolute Gasteiger partial charge is 0.392 e. The number of nitrogens with zero attached hydrogens (tertiary/aromatic N) is 1. The number of aryl methyl sites for hydroxylation is 2. The van der Waals surface area contributed by atoms with Crippen LogP contribution in [0.25, 0.3) is 0 Å². The Morgan fingerprint density at radius 2 is 1.95 bits per heavy atom. The van der Waals surface area contributed by atoms with Crippen molar-refractivity contribution in [3.05, 3.63) is 63.4 Å². The summed E-state index contributed by atoms with van der Waals surface area (Å²) in [6.07, 6.45) is 0. The molecule has 0 bridgehead atoms. The topological polar surface area (TPSA) is 23.5 Å². The molecule has 4 heteroatoms. The molecule has 1 aliphatic rings. The minimum absolute atomic E-state index is 0.256. The van der Waals surface area contributed by atoms with Crippen LogP contribution in [0.15, 0.2) is 30.3 Å². The van der Waals surface area contributed by atoms with Crippen LogP contribution in [-0.4, -0.2) is 18.2 Å². The van der Waals surface area contributed by atoms with E-state index >= 15 is 0 Å². The standard InChI is InChI=1S/C18H19ClFNO/c1-11-4-3-5-16(19)18(11)21-8-14(9-21)13-6-12(2)15(10-22)17(20)7-13/h3-7,14,22H,8-10H2,1-2H3. The molecule has 0 radical (unpaired) electrons. The molecular formula is C18H19ClFNO. The normalized spacial score (nSPS) is 15.0. The van der Waals surface area contributed by atoms with Crippen LogP contribution in [0, 0.1) is 19.7 Å². The van der Waals surface area contributed by atoms with Crippen LogP contribution in [0.1, 0.15) is 28.2 Å². The molecule has 3 rings (SSSR count). The zero-order chi connectivity index (χ0) is 15.9. The Hall–Kier alpha value is -1.58. The molecule has 0 amide bonds. The minimum Gasteiger partial charge on any atom is -0.392 e. The summed E-state index contributed by atoms with van der Waals surface area (Å²) < 4.78 is 14.0. The Kier molecular flexibility index (Phi) is 4.11. The first-order chi connectivity index (χ1) is 10.5. The van der Waals surface area contributed by atoms with Crippen molar-refractivity contribution in [2.24, 2.45) is 0 Å². The number of aliphatic hydroxyl groups is 1. The van der Waals surface area contributed by atoms with Crippen LogP contribution in [0.3, 0.4) is 0 Å². The third kappa shape index (κ3) is 2.59. The summed E-state index contributed by atoms with van der Waals surface area (Å²) in [5.41, 5.74) is 4.42. The van der Waals surface area contributed by atoms with Gasteiger partial charge in [-0.25, -0.2) is 4.39 Å². The highest BCUT2D eigenvalue weighted by atomic mass is 35.5. The third-order valence-electron chi connectivity index (χ3n) is 4.46. The number of anilines is 1. The van der Waals surface area contributed by atoms with Crippen LogP contribution in [0.2, 0.25) is 5.02 Å². The minimum atomic E-state index is -0.315. The maximum atomic E-state index is 14.0. The molecule has 0 unspecified atom stereocenters. The molecule has 1 fully saturated rings. The second kappa shape index (κ2) is 5.90. The van der Waals surface area contributed by atoms with E-state index in [0.29, 0.717) is 11.5 Å². The fraction of sp³-hybridized carbons (Fsp3) is 0.333. The van der Waals surface area contributed by atoms with Crippen LogP contribution >= 0.6 is 11.6 Å². The van der Waals surface area contributed by atoms with Crippen LogP contribution < -0.4 is 4.90 Å². The lowest BCUT2D eigenvalue weighted by Gasteiger charge is -2.42. The van der Waals surface area contributed by atoms with E-state index in [1.54, 1.807) is 6.07 Å². The average Bonchev–Trinajstić information content (AvgIpc) is 2.40. The summed E-state index contributed by atoms with van der Waals surface area (Å²) in [6, 6.07) is 9.44. The maximum Gasteiger partial charge on any atom is 0.129 e. The Bertz CT molecular complexity index is 667. The third-order valence-corrected chi connectivity index (χ3v) is 4.76. The Morgan fingerprint density at radius 1 is 1.23 bits per heavy atom. The van der Waals surface area contributed by atoms with Crippen molar-refractivity contribution in [3.63, 3.8) is 0 Å². The summed E-state index contributed by atoms with van der Waals surface area (Å²) in [5.74, 6) is -0.0125. The monoisotopic (exact) mass is 319 g/mol. The SMILES string of the molecule is Cc1cc(C2CN(c3c(C)cccc3Cl)C2)cc(F)c1CO. The molecule has 1 heterocycles. The van der Waals surface area contributed by atoms with Crippen molar-refractivity contribution < 1.29 is 9.50 Å². The molecule has 0 aliphatic carbocycles. The highest BCUT2D eigenvalue weighted by molar-refractivity contribution is 6.33. The van der Waals surface area contributed by atoms with Gasteiger partial charge in [-0.3, -0.25) is 0 Å². The van der Waals surface area contributed by atoms with E-state index < -0.39 is 0 Å². The molecule has 2 nitrogen and oxygen atoms in total. The molecule has 22 heavy (non-hydrogen) atoms. The molecular weight excluding hydrogens is 301 g/mol. The molecule has 0 saturated carbocycles. The van der Waals surface area contributed by atoms with Gasteiger partial charge in [-0.2, -0.15) is 0 Å². The summed E-state index contributed by atoms with van der Waals surface area (Å²) in [7, 11) is 0. The number of benzene rings is 2. The predicted molar refractivity (Wildman–Crippen MR) is 88.2 cm³/mol. The van der Waals surface area contributed by atoms with E-state index in [1.807, 2.05) is 38.1 Å². The van der Waals surface area contributed by atoms with Gasteiger partial charge in [0.05, 0.1) is 17.3 Å². The van der Waals surface area contributed by atoms with Crippen molar-refractivity contribution in [1.29, 1.82) is 0 Å². The number of halogens is 2. The lowest BCUT2D eigenvalue weighted by Crippen LogP contribution is -2.45. The molecule has 0 aromatic heterocycles. The number of para-hydroxylation sites is 1. The Labute approximate surface area is 135 Å². The summed E-state index contributed by atoms with van der Waals surface area (Å²) in [5, 5.41) is 9.95. The zero-order valence-corrected chi connectivity index (χ0v) is 13.5. The van der Waals surface area contributed by atoms with Gasteiger partial charge >= 0.3 is 0 Å². The lowest BCUT2D eigenvalue weighted by atomic mass is 9.88. The van der Waals surface area contributed by atoms with Gasteiger partial charge in [-0.15, -0.1) is 0 Å². The molecule has 0 atom stereocenters. The van der Waals surface area contributed by atoms with Gasteiger partial charge in [0, 0.05) is 24.6 Å². The van der Waals surface area contributed by atoms with Crippen molar-refractivity contribution in [3.8, 4) is 0 Å². The fourth-order valence-corrected chi connectivity index (χ4v) is 3.47. The quantitative estimate of drug-likeness (QED) is 0.917. The van der Waals surface area contributed by atoms with E-state index in [9.17, 15) is 9.50 Å². The number of rotatable bonds is 3. The maximum absolute atomic E-state index is 14.0. The molecule has 2 aromatic rings. The van der Waals surface area contributed by atoms with Gasteiger partial charge in [-0.05, 0) is 42.7 Å². The first kappa shape index (κ1) is 15.3. The zero-order valence-electron chi connectivity index (χ0n) is 12.7. The Morgan fingerprint density at radius 3 is 2.55 bits per heavy atom. The van der Waals surface area contributed by atoms with E-state index in [2.05, 4.69) is 4.90 Å². The van der Waals surface area contributed by atoms with Crippen LogP contribution in [0.5, 0.6) is 0 Å². The molecule has 1 N–H and O–H groups in total.